The van der Waals surface area contributed by atoms with Crippen molar-refractivity contribution in [3.05, 3.63) is 36.0 Å². The highest BCUT2D eigenvalue weighted by Crippen LogP contribution is 2.21. The molecule has 0 heterocycles. The zero-order valence-corrected chi connectivity index (χ0v) is 10.7. The van der Waals surface area contributed by atoms with E-state index < -0.39 is 0 Å². The standard InChI is InChI=1S/C15H22O/c1-11-7-5-6-8-13(3)15(14(4)16)10-9-12(11)2/h5,7-12,15H,6H2,1-4H3. The highest BCUT2D eigenvalue weighted by atomic mass is 16.1. The van der Waals surface area contributed by atoms with Crippen molar-refractivity contribution < 1.29 is 4.79 Å². The van der Waals surface area contributed by atoms with Crippen LogP contribution in [0.1, 0.15) is 34.1 Å². The Balaban J connectivity index is 2.98. The quantitative estimate of drug-likeness (QED) is 0.609. The summed E-state index contributed by atoms with van der Waals surface area (Å²) in [7, 11) is 0. The number of hydrogen-bond donors (Lipinski definition) is 0. The molecule has 16 heavy (non-hydrogen) atoms. The second-order valence-electron chi connectivity index (χ2n) is 4.80. The molecular weight excluding hydrogens is 196 g/mol. The summed E-state index contributed by atoms with van der Waals surface area (Å²) in [6, 6.07) is 0. The molecule has 0 aromatic heterocycles. The van der Waals surface area contributed by atoms with Gasteiger partial charge in [-0.05, 0) is 32.1 Å². The third kappa shape index (κ3) is 3.48. The van der Waals surface area contributed by atoms with Gasteiger partial charge in [0.05, 0.1) is 5.92 Å². The van der Waals surface area contributed by atoms with Crippen molar-refractivity contribution in [1.29, 1.82) is 0 Å². The van der Waals surface area contributed by atoms with E-state index in [2.05, 4.69) is 44.2 Å². The van der Waals surface area contributed by atoms with Crippen molar-refractivity contribution in [1.82, 2.24) is 0 Å². The molecule has 0 aliphatic heterocycles. The van der Waals surface area contributed by atoms with Crippen LogP contribution in [0.2, 0.25) is 0 Å². The molecule has 0 spiro atoms. The van der Waals surface area contributed by atoms with Gasteiger partial charge in [-0.2, -0.15) is 0 Å². The van der Waals surface area contributed by atoms with Crippen molar-refractivity contribution in [2.24, 2.45) is 17.8 Å². The second kappa shape index (κ2) is 5.83. The Bertz CT molecular complexity index is 333. The highest BCUT2D eigenvalue weighted by Gasteiger charge is 2.14. The molecule has 0 fully saturated rings. The summed E-state index contributed by atoms with van der Waals surface area (Å²) in [6.45, 7) is 8.12. The first-order chi connectivity index (χ1) is 7.52. The van der Waals surface area contributed by atoms with E-state index in [-0.39, 0.29) is 11.7 Å². The molecule has 0 radical (unpaired) electrons. The zero-order valence-electron chi connectivity index (χ0n) is 10.7. The fourth-order valence-electron chi connectivity index (χ4n) is 1.92. The number of allylic oxidation sites excluding steroid dienone is 6. The van der Waals surface area contributed by atoms with Gasteiger partial charge in [0.25, 0.3) is 0 Å². The molecule has 0 aromatic rings. The summed E-state index contributed by atoms with van der Waals surface area (Å²) in [5.41, 5.74) is 1.16. The van der Waals surface area contributed by atoms with Crippen LogP contribution >= 0.6 is 0 Å². The molecule has 3 unspecified atom stereocenters. The summed E-state index contributed by atoms with van der Waals surface area (Å²) < 4.78 is 0. The van der Waals surface area contributed by atoms with Crippen molar-refractivity contribution in [3.63, 3.8) is 0 Å². The van der Waals surface area contributed by atoms with E-state index in [0.29, 0.717) is 11.8 Å². The lowest BCUT2D eigenvalue weighted by molar-refractivity contribution is -0.118. The summed E-state index contributed by atoms with van der Waals surface area (Å²) in [5, 5.41) is 0. The molecule has 0 bridgehead atoms. The molecule has 0 saturated carbocycles. The van der Waals surface area contributed by atoms with Crippen LogP contribution in [0, 0.1) is 17.8 Å². The van der Waals surface area contributed by atoms with Crippen LogP contribution in [0.3, 0.4) is 0 Å². The Hall–Kier alpha value is -1.11. The molecule has 1 aliphatic carbocycles. The molecule has 3 atom stereocenters. The van der Waals surface area contributed by atoms with Crippen LogP contribution in [0.25, 0.3) is 0 Å². The summed E-state index contributed by atoms with van der Waals surface area (Å²) in [6.07, 6.45) is 11.8. The van der Waals surface area contributed by atoms with Gasteiger partial charge < -0.3 is 0 Å². The molecule has 1 aliphatic rings. The first-order valence-electron chi connectivity index (χ1n) is 6.04. The maximum atomic E-state index is 11.6. The van der Waals surface area contributed by atoms with E-state index in [4.69, 9.17) is 0 Å². The minimum Gasteiger partial charge on any atom is -0.299 e. The maximum absolute atomic E-state index is 11.6. The van der Waals surface area contributed by atoms with Crippen LogP contribution in [0.4, 0.5) is 0 Å². The third-order valence-corrected chi connectivity index (χ3v) is 3.38. The first kappa shape index (κ1) is 13.0. The largest absolute Gasteiger partial charge is 0.299 e. The topological polar surface area (TPSA) is 17.1 Å². The molecule has 1 rings (SSSR count). The number of carbonyl (C=O) groups excluding carboxylic acids is 1. The van der Waals surface area contributed by atoms with Gasteiger partial charge in [0.15, 0.2) is 0 Å². The average molecular weight is 218 g/mol. The molecule has 88 valence electrons. The Morgan fingerprint density at radius 1 is 1.19 bits per heavy atom. The van der Waals surface area contributed by atoms with Crippen LogP contribution in [0.15, 0.2) is 36.0 Å². The number of rotatable bonds is 1. The Kier molecular flexibility index (Phi) is 4.72. The highest BCUT2D eigenvalue weighted by molar-refractivity contribution is 5.83. The summed E-state index contributed by atoms with van der Waals surface area (Å²) >= 11 is 0. The molecule has 0 aromatic carbocycles. The summed E-state index contributed by atoms with van der Waals surface area (Å²) in [5.74, 6) is 1.23. The first-order valence-corrected chi connectivity index (χ1v) is 6.04. The predicted molar refractivity (Wildman–Crippen MR) is 69.2 cm³/mol. The van der Waals surface area contributed by atoms with Gasteiger partial charge >= 0.3 is 0 Å². The van der Waals surface area contributed by atoms with E-state index in [1.165, 1.54) is 0 Å². The molecule has 1 nitrogen and oxygen atoms in total. The van der Waals surface area contributed by atoms with E-state index in [0.717, 1.165) is 12.0 Å². The fraction of sp³-hybridized carbons (Fsp3) is 0.533. The fourth-order valence-corrected chi connectivity index (χ4v) is 1.92. The van der Waals surface area contributed by atoms with E-state index in [9.17, 15) is 4.79 Å². The number of Topliss-reactive ketones (excluding diaryl/α,β-unsaturated/α-hetero) is 1. The van der Waals surface area contributed by atoms with Crippen molar-refractivity contribution in [2.75, 3.05) is 0 Å². The second-order valence-corrected chi connectivity index (χ2v) is 4.80. The van der Waals surface area contributed by atoms with Crippen LogP contribution in [-0.2, 0) is 4.79 Å². The van der Waals surface area contributed by atoms with E-state index in [1.54, 1.807) is 6.92 Å². The summed E-state index contributed by atoms with van der Waals surface area (Å²) in [4.78, 5) is 11.6. The third-order valence-electron chi connectivity index (χ3n) is 3.38. The van der Waals surface area contributed by atoms with Crippen LogP contribution < -0.4 is 0 Å². The van der Waals surface area contributed by atoms with Crippen molar-refractivity contribution in [2.45, 2.75) is 34.1 Å². The van der Waals surface area contributed by atoms with Gasteiger partial charge in [-0.25, -0.2) is 0 Å². The lowest BCUT2D eigenvalue weighted by Gasteiger charge is -2.16. The monoisotopic (exact) mass is 218 g/mol. The minimum absolute atomic E-state index is 0.0267. The molecule has 0 amide bonds. The molecule has 1 heteroatoms. The minimum atomic E-state index is -0.0267. The maximum Gasteiger partial charge on any atom is 0.140 e. The number of ketones is 1. The van der Waals surface area contributed by atoms with E-state index >= 15 is 0 Å². The predicted octanol–water partition coefficient (Wildman–Crippen LogP) is 3.93. The number of carbonyl (C=O) groups is 1. The Labute approximate surface area is 98.9 Å². The smallest absolute Gasteiger partial charge is 0.140 e. The molecule has 0 N–H and O–H groups in total. The lowest BCUT2D eigenvalue weighted by Crippen LogP contribution is -2.11. The van der Waals surface area contributed by atoms with Crippen molar-refractivity contribution >= 4 is 5.78 Å². The van der Waals surface area contributed by atoms with Gasteiger partial charge in [0, 0.05) is 0 Å². The number of hydrogen-bond acceptors (Lipinski definition) is 1. The zero-order chi connectivity index (χ0) is 12.1. The van der Waals surface area contributed by atoms with Crippen LogP contribution in [-0.4, -0.2) is 5.78 Å². The molecular formula is C15H22O. The van der Waals surface area contributed by atoms with Gasteiger partial charge in [-0.15, -0.1) is 0 Å². The van der Waals surface area contributed by atoms with Gasteiger partial charge in [0.2, 0.25) is 0 Å². The van der Waals surface area contributed by atoms with Gasteiger partial charge in [-0.1, -0.05) is 49.8 Å². The Morgan fingerprint density at radius 2 is 1.81 bits per heavy atom. The Morgan fingerprint density at radius 3 is 2.44 bits per heavy atom. The SMILES string of the molecule is CC(=O)C1C=CC(C)C(C)C=CCC=C1C. The van der Waals surface area contributed by atoms with E-state index in [1.807, 2.05) is 6.92 Å². The normalized spacial score (nSPS) is 31.0. The van der Waals surface area contributed by atoms with Gasteiger partial charge in [0.1, 0.15) is 5.78 Å². The lowest BCUT2D eigenvalue weighted by atomic mass is 9.89. The van der Waals surface area contributed by atoms with Crippen LogP contribution in [0.5, 0.6) is 0 Å². The van der Waals surface area contributed by atoms with Crippen molar-refractivity contribution in [3.8, 4) is 0 Å². The molecule has 0 saturated heterocycles. The average Bonchev–Trinajstić information content (AvgIpc) is 2.22. The van der Waals surface area contributed by atoms with Gasteiger partial charge in [-0.3, -0.25) is 4.79 Å².